The van der Waals surface area contributed by atoms with Gasteiger partial charge in [-0.1, -0.05) is 0 Å². The summed E-state index contributed by atoms with van der Waals surface area (Å²) in [5, 5.41) is 6.42. The third-order valence-electron chi connectivity index (χ3n) is 4.04. The van der Waals surface area contributed by atoms with Crippen molar-refractivity contribution in [3.8, 4) is 0 Å². The van der Waals surface area contributed by atoms with E-state index in [1.54, 1.807) is 0 Å². The number of nitrogens with one attached hydrogen (secondary N) is 2. The van der Waals surface area contributed by atoms with Crippen LogP contribution in [-0.2, 0) is 9.53 Å². The fourth-order valence-corrected chi connectivity index (χ4v) is 3.03. The zero-order valence-corrected chi connectivity index (χ0v) is 14.1. The number of ether oxygens (including phenoxy) is 1. The van der Waals surface area contributed by atoms with Gasteiger partial charge in [0, 0.05) is 37.6 Å². The second kappa shape index (κ2) is 6.86. The summed E-state index contributed by atoms with van der Waals surface area (Å²) in [5.41, 5.74) is -0.456. The molecular formula is C16H29N3O3. The van der Waals surface area contributed by atoms with E-state index < -0.39 is 5.60 Å². The Hall–Kier alpha value is -1.30. The lowest BCUT2D eigenvalue weighted by molar-refractivity contribution is -0.128. The SMILES string of the molecule is CC(CN1CCCC1=O)NC1CC(NC(=O)OC(C)(C)C)C1. The number of amides is 2. The van der Waals surface area contributed by atoms with Gasteiger partial charge in [-0.05, 0) is 47.0 Å². The Bertz CT molecular complexity index is 413. The zero-order chi connectivity index (χ0) is 16.3. The number of carbonyl (C=O) groups excluding carboxylic acids is 2. The van der Waals surface area contributed by atoms with E-state index in [4.69, 9.17) is 4.74 Å². The smallest absolute Gasteiger partial charge is 0.407 e. The molecule has 2 amide bonds. The minimum Gasteiger partial charge on any atom is -0.444 e. The van der Waals surface area contributed by atoms with Crippen LogP contribution in [0.2, 0.25) is 0 Å². The average Bonchev–Trinajstić information content (AvgIpc) is 2.69. The van der Waals surface area contributed by atoms with Crippen LogP contribution in [0.5, 0.6) is 0 Å². The van der Waals surface area contributed by atoms with Crippen molar-refractivity contribution in [1.29, 1.82) is 0 Å². The van der Waals surface area contributed by atoms with E-state index in [2.05, 4.69) is 17.6 Å². The summed E-state index contributed by atoms with van der Waals surface area (Å²) < 4.78 is 5.25. The second-order valence-electron chi connectivity index (χ2n) is 7.52. The zero-order valence-electron chi connectivity index (χ0n) is 14.1. The van der Waals surface area contributed by atoms with Gasteiger partial charge in [-0.2, -0.15) is 0 Å². The van der Waals surface area contributed by atoms with Gasteiger partial charge in [-0.15, -0.1) is 0 Å². The first-order chi connectivity index (χ1) is 10.2. The van der Waals surface area contributed by atoms with E-state index in [1.807, 2.05) is 25.7 Å². The molecule has 0 bridgehead atoms. The van der Waals surface area contributed by atoms with Crippen LogP contribution in [0, 0.1) is 0 Å². The fraction of sp³-hybridized carbons (Fsp3) is 0.875. The molecule has 2 aliphatic rings. The van der Waals surface area contributed by atoms with Gasteiger partial charge >= 0.3 is 6.09 Å². The van der Waals surface area contributed by atoms with Gasteiger partial charge in [0.15, 0.2) is 0 Å². The average molecular weight is 311 g/mol. The molecule has 1 aliphatic carbocycles. The number of likely N-dealkylation sites (tertiary alicyclic amines) is 1. The van der Waals surface area contributed by atoms with E-state index >= 15 is 0 Å². The molecule has 2 rings (SSSR count). The Kier molecular flexibility index (Phi) is 5.32. The van der Waals surface area contributed by atoms with Crippen molar-refractivity contribution in [3.05, 3.63) is 0 Å². The van der Waals surface area contributed by atoms with Crippen LogP contribution < -0.4 is 10.6 Å². The number of hydrogen-bond acceptors (Lipinski definition) is 4. The number of alkyl carbamates (subject to hydrolysis) is 1. The maximum absolute atomic E-state index is 11.7. The first-order valence-electron chi connectivity index (χ1n) is 8.26. The molecule has 2 fully saturated rings. The van der Waals surface area contributed by atoms with Crippen molar-refractivity contribution in [2.75, 3.05) is 13.1 Å². The number of carbonyl (C=O) groups is 2. The van der Waals surface area contributed by atoms with E-state index in [-0.39, 0.29) is 24.1 Å². The molecule has 1 unspecified atom stereocenters. The predicted octanol–water partition coefficient (Wildman–Crippen LogP) is 1.64. The Morgan fingerprint density at radius 1 is 1.36 bits per heavy atom. The Labute approximate surface area is 132 Å². The Morgan fingerprint density at radius 2 is 2.05 bits per heavy atom. The molecular weight excluding hydrogens is 282 g/mol. The van der Waals surface area contributed by atoms with Gasteiger partial charge in [-0.3, -0.25) is 4.79 Å². The first kappa shape index (κ1) is 17.1. The molecule has 0 spiro atoms. The van der Waals surface area contributed by atoms with E-state index in [0.717, 1.165) is 32.4 Å². The van der Waals surface area contributed by atoms with Crippen LogP contribution in [0.1, 0.15) is 53.4 Å². The van der Waals surface area contributed by atoms with E-state index in [0.29, 0.717) is 12.5 Å². The van der Waals surface area contributed by atoms with Crippen molar-refractivity contribution in [2.24, 2.45) is 0 Å². The second-order valence-corrected chi connectivity index (χ2v) is 7.52. The highest BCUT2D eigenvalue weighted by Gasteiger charge is 2.33. The molecule has 6 nitrogen and oxygen atoms in total. The Morgan fingerprint density at radius 3 is 2.59 bits per heavy atom. The van der Waals surface area contributed by atoms with Crippen molar-refractivity contribution in [3.63, 3.8) is 0 Å². The summed E-state index contributed by atoms with van der Waals surface area (Å²) in [6, 6.07) is 0.884. The molecule has 2 N–H and O–H groups in total. The van der Waals surface area contributed by atoms with Crippen molar-refractivity contribution >= 4 is 12.0 Å². The number of hydrogen-bond donors (Lipinski definition) is 2. The topological polar surface area (TPSA) is 70.7 Å². The molecule has 22 heavy (non-hydrogen) atoms. The highest BCUT2D eigenvalue weighted by molar-refractivity contribution is 5.78. The predicted molar refractivity (Wildman–Crippen MR) is 84.6 cm³/mol. The van der Waals surface area contributed by atoms with Crippen LogP contribution in [0.15, 0.2) is 0 Å². The minimum absolute atomic E-state index is 0.188. The summed E-state index contributed by atoms with van der Waals surface area (Å²) in [6.45, 7) is 9.36. The molecule has 1 heterocycles. The molecule has 0 aromatic heterocycles. The maximum atomic E-state index is 11.7. The van der Waals surface area contributed by atoms with Crippen LogP contribution in [0.25, 0.3) is 0 Å². The normalized spacial score (nSPS) is 26.5. The summed E-state index contributed by atoms with van der Waals surface area (Å²) in [4.78, 5) is 25.2. The van der Waals surface area contributed by atoms with Gasteiger partial charge in [-0.25, -0.2) is 4.79 Å². The lowest BCUT2D eigenvalue weighted by atomic mass is 9.86. The minimum atomic E-state index is -0.456. The monoisotopic (exact) mass is 311 g/mol. The van der Waals surface area contributed by atoms with Crippen molar-refractivity contribution in [1.82, 2.24) is 15.5 Å². The summed E-state index contributed by atoms with van der Waals surface area (Å²) in [7, 11) is 0. The van der Waals surface area contributed by atoms with Gasteiger partial charge in [0.25, 0.3) is 0 Å². The largest absolute Gasteiger partial charge is 0.444 e. The third kappa shape index (κ3) is 5.16. The van der Waals surface area contributed by atoms with E-state index in [9.17, 15) is 9.59 Å². The summed E-state index contributed by atoms with van der Waals surface area (Å²) >= 11 is 0. The lowest BCUT2D eigenvalue weighted by Crippen LogP contribution is -2.56. The quantitative estimate of drug-likeness (QED) is 0.810. The number of rotatable bonds is 5. The van der Waals surface area contributed by atoms with Crippen LogP contribution in [0.4, 0.5) is 4.79 Å². The molecule has 0 radical (unpaired) electrons. The third-order valence-corrected chi connectivity index (χ3v) is 4.04. The highest BCUT2D eigenvalue weighted by atomic mass is 16.6. The van der Waals surface area contributed by atoms with Gasteiger partial charge in [0.1, 0.15) is 5.60 Å². The van der Waals surface area contributed by atoms with Crippen molar-refractivity contribution < 1.29 is 14.3 Å². The molecule has 0 aromatic rings. The molecule has 0 aromatic carbocycles. The van der Waals surface area contributed by atoms with Crippen LogP contribution in [0.3, 0.4) is 0 Å². The van der Waals surface area contributed by atoms with Gasteiger partial charge in [0.2, 0.25) is 5.91 Å². The fourth-order valence-electron chi connectivity index (χ4n) is 3.03. The van der Waals surface area contributed by atoms with Gasteiger partial charge < -0.3 is 20.3 Å². The van der Waals surface area contributed by atoms with Crippen molar-refractivity contribution in [2.45, 2.75) is 77.1 Å². The standard InChI is InChI=1S/C16H29N3O3/c1-11(10-19-7-5-6-14(19)20)17-12-8-13(9-12)18-15(21)22-16(2,3)4/h11-13,17H,5-10H2,1-4H3,(H,18,21). The molecule has 1 saturated carbocycles. The molecule has 6 heteroatoms. The summed E-state index contributed by atoms with van der Waals surface area (Å²) in [5.74, 6) is 0.270. The van der Waals surface area contributed by atoms with Crippen LogP contribution in [-0.4, -0.2) is 53.7 Å². The molecule has 126 valence electrons. The van der Waals surface area contributed by atoms with E-state index in [1.165, 1.54) is 0 Å². The highest BCUT2D eigenvalue weighted by Crippen LogP contribution is 2.21. The number of nitrogens with zero attached hydrogens (tertiary/aromatic N) is 1. The molecule has 1 aliphatic heterocycles. The lowest BCUT2D eigenvalue weighted by Gasteiger charge is -2.38. The molecule has 1 atom stereocenters. The first-order valence-corrected chi connectivity index (χ1v) is 8.26. The van der Waals surface area contributed by atoms with Crippen LogP contribution >= 0.6 is 0 Å². The summed E-state index contributed by atoms with van der Waals surface area (Å²) in [6.07, 6.45) is 3.16. The Balaban J connectivity index is 1.60. The molecule has 1 saturated heterocycles. The maximum Gasteiger partial charge on any atom is 0.407 e. The van der Waals surface area contributed by atoms with Gasteiger partial charge in [0.05, 0.1) is 0 Å².